The van der Waals surface area contributed by atoms with Crippen molar-refractivity contribution >= 4 is 11.6 Å². The molecule has 3 nitrogen and oxygen atoms in total. The van der Waals surface area contributed by atoms with Gasteiger partial charge in [0.1, 0.15) is 11.6 Å². The molecule has 1 fully saturated rings. The summed E-state index contributed by atoms with van der Waals surface area (Å²) in [5, 5.41) is 0. The summed E-state index contributed by atoms with van der Waals surface area (Å²) in [5.41, 5.74) is 0. The van der Waals surface area contributed by atoms with Crippen LogP contribution < -0.4 is 0 Å². The minimum atomic E-state index is 0.0495. The predicted octanol–water partition coefficient (Wildman–Crippen LogP) is 1.74. The highest BCUT2D eigenvalue weighted by Crippen LogP contribution is 2.16. The monoisotopic (exact) mass is 198 g/mol. The second-order valence-electron chi connectivity index (χ2n) is 3.77. The van der Waals surface area contributed by atoms with E-state index < -0.39 is 0 Å². The van der Waals surface area contributed by atoms with Gasteiger partial charge in [-0.25, -0.2) is 0 Å². The Labute approximate surface area is 84.8 Å². The summed E-state index contributed by atoms with van der Waals surface area (Å²) in [6.45, 7) is 3.16. The molecular formula is C11H18O3. The van der Waals surface area contributed by atoms with Crippen LogP contribution in [0.3, 0.4) is 0 Å². The van der Waals surface area contributed by atoms with Crippen LogP contribution in [0, 0.1) is 5.92 Å². The minimum absolute atomic E-state index is 0.0495. The van der Waals surface area contributed by atoms with Gasteiger partial charge in [0, 0.05) is 31.8 Å². The Morgan fingerprint density at radius 3 is 2.71 bits per heavy atom. The maximum absolute atomic E-state index is 11.6. The summed E-state index contributed by atoms with van der Waals surface area (Å²) in [4.78, 5) is 22.6. The summed E-state index contributed by atoms with van der Waals surface area (Å²) in [6, 6.07) is 0. The first-order chi connectivity index (χ1) is 6.74. The largest absolute Gasteiger partial charge is 0.381 e. The highest BCUT2D eigenvalue weighted by atomic mass is 16.5. The standard InChI is InChI=1S/C11H18O3/c1-2-10(12)5-6-11(13)9-4-3-7-14-8-9/h9H,2-8H2,1H3. The maximum Gasteiger partial charge on any atom is 0.138 e. The highest BCUT2D eigenvalue weighted by molar-refractivity contribution is 5.87. The number of hydrogen-bond donors (Lipinski definition) is 0. The van der Waals surface area contributed by atoms with Crippen LogP contribution in [0.4, 0.5) is 0 Å². The molecule has 0 bridgehead atoms. The zero-order valence-corrected chi connectivity index (χ0v) is 8.75. The third-order valence-electron chi connectivity index (χ3n) is 2.66. The van der Waals surface area contributed by atoms with Gasteiger partial charge in [-0.05, 0) is 12.8 Å². The molecule has 3 heteroatoms. The molecule has 0 saturated carbocycles. The van der Waals surface area contributed by atoms with Crippen LogP contribution in [0.5, 0.6) is 0 Å². The van der Waals surface area contributed by atoms with E-state index in [1.165, 1.54) is 0 Å². The quantitative estimate of drug-likeness (QED) is 0.675. The number of rotatable bonds is 5. The highest BCUT2D eigenvalue weighted by Gasteiger charge is 2.21. The van der Waals surface area contributed by atoms with Crippen LogP contribution in [0.2, 0.25) is 0 Å². The molecule has 0 aromatic rings. The fraction of sp³-hybridized carbons (Fsp3) is 0.818. The molecule has 0 radical (unpaired) electrons. The number of carbonyl (C=O) groups is 2. The van der Waals surface area contributed by atoms with Crippen LogP contribution in [-0.4, -0.2) is 24.8 Å². The predicted molar refractivity (Wildman–Crippen MR) is 53.1 cm³/mol. The van der Waals surface area contributed by atoms with E-state index in [9.17, 15) is 9.59 Å². The van der Waals surface area contributed by atoms with Gasteiger partial charge < -0.3 is 4.74 Å². The Bertz CT molecular complexity index is 205. The molecular weight excluding hydrogens is 180 g/mol. The Kier molecular flexibility index (Phi) is 4.80. The molecule has 1 atom stereocenters. The van der Waals surface area contributed by atoms with Crippen LogP contribution in [0.15, 0.2) is 0 Å². The molecule has 1 aliphatic rings. The molecule has 1 aliphatic heterocycles. The zero-order chi connectivity index (χ0) is 10.4. The second-order valence-corrected chi connectivity index (χ2v) is 3.77. The fourth-order valence-electron chi connectivity index (χ4n) is 1.64. The van der Waals surface area contributed by atoms with Crippen molar-refractivity contribution in [2.45, 2.75) is 39.0 Å². The van der Waals surface area contributed by atoms with Crippen molar-refractivity contribution < 1.29 is 14.3 Å². The summed E-state index contributed by atoms with van der Waals surface area (Å²) < 4.78 is 5.23. The lowest BCUT2D eigenvalue weighted by Gasteiger charge is -2.20. The number of ether oxygens (including phenoxy) is 1. The van der Waals surface area contributed by atoms with Crippen molar-refractivity contribution in [3.05, 3.63) is 0 Å². The molecule has 0 amide bonds. The van der Waals surface area contributed by atoms with Crippen LogP contribution in [0.25, 0.3) is 0 Å². The van der Waals surface area contributed by atoms with E-state index in [4.69, 9.17) is 4.74 Å². The Morgan fingerprint density at radius 2 is 2.14 bits per heavy atom. The van der Waals surface area contributed by atoms with Gasteiger partial charge in [-0.3, -0.25) is 9.59 Å². The topological polar surface area (TPSA) is 43.4 Å². The van der Waals surface area contributed by atoms with Crippen molar-refractivity contribution in [1.29, 1.82) is 0 Å². The molecule has 0 spiro atoms. The van der Waals surface area contributed by atoms with Crippen LogP contribution in [0.1, 0.15) is 39.0 Å². The molecule has 0 aliphatic carbocycles. The minimum Gasteiger partial charge on any atom is -0.381 e. The van der Waals surface area contributed by atoms with Crippen LogP contribution in [-0.2, 0) is 14.3 Å². The van der Waals surface area contributed by atoms with Gasteiger partial charge in [0.05, 0.1) is 6.61 Å². The first-order valence-corrected chi connectivity index (χ1v) is 5.36. The van der Waals surface area contributed by atoms with Gasteiger partial charge >= 0.3 is 0 Å². The van der Waals surface area contributed by atoms with E-state index in [1.807, 2.05) is 6.92 Å². The van der Waals surface area contributed by atoms with E-state index in [1.54, 1.807) is 0 Å². The van der Waals surface area contributed by atoms with Crippen molar-refractivity contribution in [1.82, 2.24) is 0 Å². The number of ketones is 2. The molecule has 0 N–H and O–H groups in total. The summed E-state index contributed by atoms with van der Waals surface area (Å²) in [6.07, 6.45) is 3.25. The molecule has 1 saturated heterocycles. The Morgan fingerprint density at radius 1 is 1.36 bits per heavy atom. The molecule has 1 heterocycles. The fourth-order valence-corrected chi connectivity index (χ4v) is 1.64. The van der Waals surface area contributed by atoms with E-state index in [0.29, 0.717) is 25.9 Å². The van der Waals surface area contributed by atoms with E-state index in [-0.39, 0.29) is 17.5 Å². The molecule has 0 aromatic carbocycles. The van der Waals surface area contributed by atoms with Gasteiger partial charge in [0.15, 0.2) is 0 Å². The molecule has 1 rings (SSSR count). The third-order valence-corrected chi connectivity index (χ3v) is 2.66. The number of hydrogen-bond acceptors (Lipinski definition) is 3. The second kappa shape index (κ2) is 5.91. The zero-order valence-electron chi connectivity index (χ0n) is 8.75. The molecule has 80 valence electrons. The van der Waals surface area contributed by atoms with E-state index in [0.717, 1.165) is 19.4 Å². The Hall–Kier alpha value is -0.700. The molecule has 1 unspecified atom stereocenters. The van der Waals surface area contributed by atoms with E-state index >= 15 is 0 Å². The van der Waals surface area contributed by atoms with Gasteiger partial charge in [0.2, 0.25) is 0 Å². The number of Topliss-reactive ketones (excluding diaryl/α,β-unsaturated/α-hetero) is 2. The molecule has 14 heavy (non-hydrogen) atoms. The van der Waals surface area contributed by atoms with Gasteiger partial charge in [-0.15, -0.1) is 0 Å². The van der Waals surface area contributed by atoms with Gasteiger partial charge in [0.25, 0.3) is 0 Å². The summed E-state index contributed by atoms with van der Waals surface area (Å²) >= 11 is 0. The summed E-state index contributed by atoms with van der Waals surface area (Å²) in [7, 11) is 0. The maximum atomic E-state index is 11.6. The Balaban J connectivity index is 2.23. The van der Waals surface area contributed by atoms with Gasteiger partial charge in [-0.1, -0.05) is 6.92 Å². The van der Waals surface area contributed by atoms with Crippen molar-refractivity contribution in [2.75, 3.05) is 13.2 Å². The normalized spacial score (nSPS) is 21.9. The first kappa shape index (κ1) is 11.4. The van der Waals surface area contributed by atoms with Crippen LogP contribution >= 0.6 is 0 Å². The average Bonchev–Trinajstić information content (AvgIpc) is 2.26. The average molecular weight is 198 g/mol. The lowest BCUT2D eigenvalue weighted by molar-refractivity contribution is -0.129. The molecule has 0 aromatic heterocycles. The number of carbonyl (C=O) groups excluding carboxylic acids is 2. The van der Waals surface area contributed by atoms with E-state index in [2.05, 4.69) is 0 Å². The van der Waals surface area contributed by atoms with Crippen molar-refractivity contribution in [3.8, 4) is 0 Å². The summed E-state index contributed by atoms with van der Waals surface area (Å²) in [5.74, 6) is 0.426. The lowest BCUT2D eigenvalue weighted by Crippen LogP contribution is -2.25. The van der Waals surface area contributed by atoms with Crippen molar-refractivity contribution in [3.63, 3.8) is 0 Å². The van der Waals surface area contributed by atoms with Gasteiger partial charge in [-0.2, -0.15) is 0 Å². The smallest absolute Gasteiger partial charge is 0.138 e. The first-order valence-electron chi connectivity index (χ1n) is 5.36. The van der Waals surface area contributed by atoms with Crippen molar-refractivity contribution in [2.24, 2.45) is 5.92 Å². The third kappa shape index (κ3) is 3.58. The lowest BCUT2D eigenvalue weighted by atomic mass is 9.94. The SMILES string of the molecule is CCC(=O)CCC(=O)C1CCCOC1.